The fourth-order valence-corrected chi connectivity index (χ4v) is 1.84. The molecule has 5 heteroatoms. The summed E-state index contributed by atoms with van der Waals surface area (Å²) in [6.45, 7) is 3.71. The van der Waals surface area contributed by atoms with E-state index in [1.807, 2.05) is 6.92 Å². The van der Waals surface area contributed by atoms with Crippen LogP contribution in [0.4, 0.5) is 0 Å². The predicted octanol–water partition coefficient (Wildman–Crippen LogP) is 1.72. The minimum atomic E-state index is -3.53. The van der Waals surface area contributed by atoms with E-state index in [0.29, 0.717) is 0 Å². The van der Waals surface area contributed by atoms with Gasteiger partial charge in [-0.05, 0) is 26.0 Å². The van der Waals surface area contributed by atoms with Gasteiger partial charge in [0.25, 0.3) is 10.1 Å². The van der Waals surface area contributed by atoms with E-state index in [-0.39, 0.29) is 28.6 Å². The molecule has 1 aromatic carbocycles. The second-order valence-corrected chi connectivity index (χ2v) is 4.29. The minimum absolute atomic E-state index is 0. The molecule has 0 aromatic heterocycles. The van der Waals surface area contributed by atoms with Gasteiger partial charge in [0.2, 0.25) is 0 Å². The van der Waals surface area contributed by atoms with E-state index in [4.69, 9.17) is 0 Å². The third-order valence-electron chi connectivity index (χ3n) is 1.58. The van der Waals surface area contributed by atoms with Crippen LogP contribution in [-0.4, -0.2) is 15.0 Å². The Morgan fingerprint density at radius 1 is 1.21 bits per heavy atom. The summed E-state index contributed by atoms with van der Waals surface area (Å²) in [5.41, 5.74) is 1.02. The zero-order valence-electron chi connectivity index (χ0n) is 8.00. The molecule has 0 fully saturated rings. The van der Waals surface area contributed by atoms with Crippen molar-refractivity contribution >= 4 is 10.1 Å². The Labute approximate surface area is 95.1 Å². The molecular formula is C9H12FeO3S. The summed E-state index contributed by atoms with van der Waals surface area (Å²) in [4.78, 5) is 0.208. The van der Waals surface area contributed by atoms with Crippen LogP contribution in [0.3, 0.4) is 0 Å². The third-order valence-corrected chi connectivity index (χ3v) is 2.98. The van der Waals surface area contributed by atoms with Crippen molar-refractivity contribution in [1.29, 1.82) is 0 Å². The fourth-order valence-electron chi connectivity index (χ4n) is 0.928. The van der Waals surface area contributed by atoms with Crippen LogP contribution in [-0.2, 0) is 31.4 Å². The topological polar surface area (TPSA) is 43.4 Å². The van der Waals surface area contributed by atoms with E-state index in [9.17, 15) is 8.42 Å². The fraction of sp³-hybridized carbons (Fsp3) is 0.333. The average molecular weight is 256 g/mol. The predicted molar refractivity (Wildman–Crippen MR) is 50.0 cm³/mol. The number of aryl methyl sites for hydroxylation is 1. The van der Waals surface area contributed by atoms with Crippen molar-refractivity contribution in [1.82, 2.24) is 0 Å². The smallest absolute Gasteiger partial charge is 0.267 e. The third kappa shape index (κ3) is 3.42. The first-order valence-corrected chi connectivity index (χ1v) is 5.43. The van der Waals surface area contributed by atoms with Gasteiger partial charge >= 0.3 is 0 Å². The Morgan fingerprint density at radius 2 is 1.71 bits per heavy atom. The zero-order chi connectivity index (χ0) is 9.90. The SMILES string of the molecule is CCOS(=O)(=O)c1ccc(C)cc1.[Fe]. The van der Waals surface area contributed by atoms with Crippen LogP contribution < -0.4 is 0 Å². The first-order chi connectivity index (χ1) is 6.06. The Hall–Kier alpha value is -0.351. The van der Waals surface area contributed by atoms with Crippen LogP contribution in [0.15, 0.2) is 29.2 Å². The molecule has 0 radical (unpaired) electrons. The molecule has 1 aromatic rings. The van der Waals surface area contributed by atoms with Gasteiger partial charge in [-0.2, -0.15) is 8.42 Å². The van der Waals surface area contributed by atoms with E-state index in [0.717, 1.165) is 5.56 Å². The van der Waals surface area contributed by atoms with E-state index < -0.39 is 10.1 Å². The molecule has 0 saturated heterocycles. The maximum Gasteiger partial charge on any atom is 0.296 e. The summed E-state index contributed by atoms with van der Waals surface area (Å²) >= 11 is 0. The number of hydrogen-bond acceptors (Lipinski definition) is 3. The minimum Gasteiger partial charge on any atom is -0.267 e. The quantitative estimate of drug-likeness (QED) is 0.610. The van der Waals surface area contributed by atoms with E-state index in [1.54, 1.807) is 31.2 Å². The molecule has 1 rings (SSSR count). The largest absolute Gasteiger partial charge is 0.296 e. The van der Waals surface area contributed by atoms with Crippen LogP contribution in [0.1, 0.15) is 12.5 Å². The zero-order valence-corrected chi connectivity index (χ0v) is 9.92. The number of rotatable bonds is 3. The molecular weight excluding hydrogens is 244 g/mol. The molecule has 0 spiro atoms. The van der Waals surface area contributed by atoms with Crippen molar-refractivity contribution in [3.05, 3.63) is 29.8 Å². The first kappa shape index (κ1) is 13.6. The second-order valence-electron chi connectivity index (χ2n) is 2.67. The van der Waals surface area contributed by atoms with Crippen molar-refractivity contribution < 1.29 is 29.7 Å². The van der Waals surface area contributed by atoms with Gasteiger partial charge < -0.3 is 0 Å². The Bertz CT molecular complexity index is 370. The molecule has 0 bridgehead atoms. The van der Waals surface area contributed by atoms with E-state index in [1.165, 1.54) is 0 Å². The van der Waals surface area contributed by atoms with Gasteiger partial charge in [-0.15, -0.1) is 0 Å². The molecule has 0 amide bonds. The number of benzene rings is 1. The van der Waals surface area contributed by atoms with Crippen molar-refractivity contribution in [3.63, 3.8) is 0 Å². The first-order valence-electron chi connectivity index (χ1n) is 4.02. The molecule has 0 N–H and O–H groups in total. The van der Waals surface area contributed by atoms with E-state index in [2.05, 4.69) is 4.18 Å². The van der Waals surface area contributed by atoms with Crippen LogP contribution in [0.5, 0.6) is 0 Å². The second kappa shape index (κ2) is 5.51. The van der Waals surface area contributed by atoms with Gasteiger partial charge in [-0.1, -0.05) is 17.7 Å². The summed E-state index contributed by atoms with van der Waals surface area (Å²) in [6, 6.07) is 6.57. The van der Waals surface area contributed by atoms with Crippen molar-refractivity contribution in [2.75, 3.05) is 6.61 Å². The monoisotopic (exact) mass is 256 g/mol. The molecule has 0 atom stereocenters. The van der Waals surface area contributed by atoms with Gasteiger partial charge in [0.05, 0.1) is 11.5 Å². The molecule has 0 heterocycles. The molecule has 0 aliphatic heterocycles. The van der Waals surface area contributed by atoms with Crippen LogP contribution >= 0.6 is 0 Å². The molecule has 0 saturated carbocycles. The molecule has 0 aliphatic carbocycles. The van der Waals surface area contributed by atoms with Crippen LogP contribution in [0.25, 0.3) is 0 Å². The Kier molecular flexibility index (Phi) is 5.37. The summed E-state index contributed by atoms with van der Waals surface area (Å²) in [5.74, 6) is 0. The van der Waals surface area contributed by atoms with Crippen molar-refractivity contribution in [2.24, 2.45) is 0 Å². The van der Waals surface area contributed by atoms with Gasteiger partial charge in [-0.3, -0.25) is 4.18 Å². The Morgan fingerprint density at radius 3 is 2.14 bits per heavy atom. The normalized spacial score (nSPS) is 10.7. The summed E-state index contributed by atoms with van der Waals surface area (Å²) in [5, 5.41) is 0. The van der Waals surface area contributed by atoms with Crippen LogP contribution in [0, 0.1) is 6.92 Å². The molecule has 0 aliphatic rings. The van der Waals surface area contributed by atoms with Gasteiger partial charge in [-0.25, -0.2) is 0 Å². The number of hydrogen-bond donors (Lipinski definition) is 0. The molecule has 14 heavy (non-hydrogen) atoms. The summed E-state index contributed by atoms with van der Waals surface area (Å²) < 4.78 is 27.3. The Balaban J connectivity index is 0.00000169. The van der Waals surface area contributed by atoms with Crippen molar-refractivity contribution in [2.45, 2.75) is 18.7 Å². The average Bonchev–Trinajstić information content (AvgIpc) is 2.05. The molecule has 80 valence electrons. The van der Waals surface area contributed by atoms with Crippen molar-refractivity contribution in [3.8, 4) is 0 Å². The molecule has 0 unspecified atom stereocenters. The van der Waals surface area contributed by atoms with Gasteiger partial charge in [0, 0.05) is 17.1 Å². The maximum atomic E-state index is 11.3. The summed E-state index contributed by atoms with van der Waals surface area (Å²) in [7, 11) is -3.53. The van der Waals surface area contributed by atoms with E-state index >= 15 is 0 Å². The maximum absolute atomic E-state index is 11.3. The van der Waals surface area contributed by atoms with Crippen LogP contribution in [0.2, 0.25) is 0 Å². The van der Waals surface area contributed by atoms with Gasteiger partial charge in [0.15, 0.2) is 0 Å². The standard InChI is InChI=1S/C9H12O3S.Fe/c1-3-12-13(10,11)9-6-4-8(2)5-7-9;/h4-7H,3H2,1-2H3;. The summed E-state index contributed by atoms with van der Waals surface area (Å²) in [6.07, 6.45) is 0. The van der Waals surface area contributed by atoms with Gasteiger partial charge in [0.1, 0.15) is 0 Å². The molecule has 3 nitrogen and oxygen atoms in total.